The lowest BCUT2D eigenvalue weighted by molar-refractivity contribution is -0.132. The molecular weight excluding hydrogens is 236 g/mol. The van der Waals surface area contributed by atoms with Crippen LogP contribution in [0.1, 0.15) is 38.7 Å². The Hall–Kier alpha value is -1.35. The zero-order valence-electron chi connectivity index (χ0n) is 11.9. The maximum absolute atomic E-state index is 12.4. The third kappa shape index (κ3) is 4.35. The van der Waals surface area contributed by atoms with Gasteiger partial charge in [-0.25, -0.2) is 0 Å². The van der Waals surface area contributed by atoms with E-state index in [0.717, 1.165) is 25.9 Å². The summed E-state index contributed by atoms with van der Waals surface area (Å²) in [7, 11) is 0. The normalized spacial score (nSPS) is 16.1. The average Bonchev–Trinajstić information content (AvgIpc) is 3.21. The SMILES string of the molecule is CCNC(C)CC(=O)N(Cc1ccccc1)C1CC1. The molecule has 0 saturated heterocycles. The van der Waals surface area contributed by atoms with Crippen molar-refractivity contribution in [1.82, 2.24) is 10.2 Å². The Morgan fingerprint density at radius 2 is 2.05 bits per heavy atom. The molecule has 1 fully saturated rings. The molecule has 3 heteroatoms. The number of carbonyl (C=O) groups excluding carboxylic acids is 1. The molecule has 3 nitrogen and oxygen atoms in total. The number of carbonyl (C=O) groups is 1. The number of nitrogens with one attached hydrogen (secondary N) is 1. The van der Waals surface area contributed by atoms with E-state index < -0.39 is 0 Å². The van der Waals surface area contributed by atoms with E-state index in [1.54, 1.807) is 0 Å². The summed E-state index contributed by atoms with van der Waals surface area (Å²) in [6.07, 6.45) is 2.92. The third-order valence-corrected chi connectivity index (χ3v) is 3.54. The van der Waals surface area contributed by atoms with Gasteiger partial charge in [0.05, 0.1) is 0 Å². The second kappa shape index (κ2) is 6.71. The van der Waals surface area contributed by atoms with E-state index in [4.69, 9.17) is 0 Å². The summed E-state index contributed by atoms with van der Waals surface area (Å²) in [4.78, 5) is 14.5. The van der Waals surface area contributed by atoms with Crippen LogP contribution in [0.3, 0.4) is 0 Å². The number of nitrogens with zero attached hydrogens (tertiary/aromatic N) is 1. The van der Waals surface area contributed by atoms with Crippen molar-refractivity contribution in [1.29, 1.82) is 0 Å². The smallest absolute Gasteiger partial charge is 0.224 e. The number of rotatable bonds is 7. The predicted molar refractivity (Wildman–Crippen MR) is 77.8 cm³/mol. The summed E-state index contributed by atoms with van der Waals surface area (Å²) >= 11 is 0. The molecule has 0 spiro atoms. The second-order valence-corrected chi connectivity index (χ2v) is 5.40. The third-order valence-electron chi connectivity index (χ3n) is 3.54. The van der Waals surface area contributed by atoms with Gasteiger partial charge in [-0.15, -0.1) is 0 Å². The molecule has 0 aromatic heterocycles. The number of benzene rings is 1. The van der Waals surface area contributed by atoms with Crippen molar-refractivity contribution < 1.29 is 4.79 Å². The highest BCUT2D eigenvalue weighted by Gasteiger charge is 2.32. The average molecular weight is 260 g/mol. The van der Waals surface area contributed by atoms with Crippen molar-refractivity contribution >= 4 is 5.91 Å². The number of hydrogen-bond acceptors (Lipinski definition) is 2. The number of amides is 1. The Morgan fingerprint density at radius 1 is 1.37 bits per heavy atom. The topological polar surface area (TPSA) is 32.3 Å². The van der Waals surface area contributed by atoms with Crippen molar-refractivity contribution in [3.8, 4) is 0 Å². The van der Waals surface area contributed by atoms with E-state index in [1.165, 1.54) is 5.56 Å². The van der Waals surface area contributed by atoms with E-state index in [9.17, 15) is 4.79 Å². The first-order valence-corrected chi connectivity index (χ1v) is 7.27. The lowest BCUT2D eigenvalue weighted by Gasteiger charge is -2.24. The first-order chi connectivity index (χ1) is 9.20. The van der Waals surface area contributed by atoms with E-state index in [2.05, 4.69) is 36.2 Å². The van der Waals surface area contributed by atoms with E-state index in [1.807, 2.05) is 18.2 Å². The van der Waals surface area contributed by atoms with Gasteiger partial charge < -0.3 is 10.2 Å². The van der Waals surface area contributed by atoms with Crippen LogP contribution in [0, 0.1) is 0 Å². The molecule has 1 N–H and O–H groups in total. The molecule has 1 aliphatic rings. The highest BCUT2D eigenvalue weighted by Crippen LogP contribution is 2.29. The fourth-order valence-electron chi connectivity index (χ4n) is 2.39. The van der Waals surface area contributed by atoms with Crippen LogP contribution in [0.5, 0.6) is 0 Å². The first kappa shape index (κ1) is 14.1. The highest BCUT2D eigenvalue weighted by molar-refractivity contribution is 5.77. The summed E-state index contributed by atoms with van der Waals surface area (Å²) in [6, 6.07) is 11.0. The molecule has 1 atom stereocenters. The van der Waals surface area contributed by atoms with Crippen LogP contribution in [0.25, 0.3) is 0 Å². The summed E-state index contributed by atoms with van der Waals surface area (Å²) in [5, 5.41) is 3.31. The molecule has 19 heavy (non-hydrogen) atoms. The van der Waals surface area contributed by atoms with Crippen LogP contribution in [0.2, 0.25) is 0 Å². The fraction of sp³-hybridized carbons (Fsp3) is 0.562. The minimum Gasteiger partial charge on any atom is -0.335 e. The summed E-state index contributed by atoms with van der Waals surface area (Å²) in [5.41, 5.74) is 1.22. The molecule has 0 heterocycles. The fourth-order valence-corrected chi connectivity index (χ4v) is 2.39. The monoisotopic (exact) mass is 260 g/mol. The second-order valence-electron chi connectivity index (χ2n) is 5.40. The molecule has 1 unspecified atom stereocenters. The minimum atomic E-state index is 0.259. The highest BCUT2D eigenvalue weighted by atomic mass is 16.2. The molecule has 0 aliphatic heterocycles. The maximum atomic E-state index is 12.4. The Bertz CT molecular complexity index is 400. The van der Waals surface area contributed by atoms with E-state index >= 15 is 0 Å². The van der Waals surface area contributed by atoms with Gasteiger partial charge in [0.15, 0.2) is 0 Å². The summed E-state index contributed by atoms with van der Waals surface area (Å²) in [5.74, 6) is 0.278. The standard InChI is InChI=1S/C16H24N2O/c1-3-17-13(2)11-16(19)18(15-9-10-15)12-14-7-5-4-6-8-14/h4-8,13,15,17H,3,9-12H2,1-2H3. The lowest BCUT2D eigenvalue weighted by atomic mass is 10.1. The van der Waals surface area contributed by atoms with Crippen LogP contribution in [0.4, 0.5) is 0 Å². The summed E-state index contributed by atoms with van der Waals surface area (Å²) < 4.78 is 0. The van der Waals surface area contributed by atoms with Gasteiger partial charge in [0.1, 0.15) is 0 Å². The summed E-state index contributed by atoms with van der Waals surface area (Å²) in [6.45, 7) is 5.82. The quantitative estimate of drug-likeness (QED) is 0.817. The minimum absolute atomic E-state index is 0.259. The Morgan fingerprint density at radius 3 is 2.63 bits per heavy atom. The number of hydrogen-bond donors (Lipinski definition) is 1. The maximum Gasteiger partial charge on any atom is 0.224 e. The molecule has 1 amide bonds. The van der Waals surface area contributed by atoms with Gasteiger partial charge in [0, 0.05) is 25.0 Å². The van der Waals surface area contributed by atoms with Gasteiger partial charge in [-0.05, 0) is 31.9 Å². The van der Waals surface area contributed by atoms with Crippen LogP contribution in [-0.2, 0) is 11.3 Å². The zero-order chi connectivity index (χ0) is 13.7. The van der Waals surface area contributed by atoms with Crippen molar-refractivity contribution in [2.24, 2.45) is 0 Å². The van der Waals surface area contributed by atoms with Gasteiger partial charge >= 0.3 is 0 Å². The Balaban J connectivity index is 1.94. The van der Waals surface area contributed by atoms with Crippen LogP contribution in [-0.4, -0.2) is 29.4 Å². The van der Waals surface area contributed by atoms with E-state index in [0.29, 0.717) is 12.5 Å². The molecule has 0 bridgehead atoms. The molecule has 1 aromatic carbocycles. The van der Waals surface area contributed by atoms with Gasteiger partial charge in [0.25, 0.3) is 0 Å². The van der Waals surface area contributed by atoms with Gasteiger partial charge in [0.2, 0.25) is 5.91 Å². The molecule has 1 aromatic rings. The molecule has 1 saturated carbocycles. The van der Waals surface area contributed by atoms with Gasteiger partial charge in [-0.1, -0.05) is 37.3 Å². The molecule has 0 radical (unpaired) electrons. The van der Waals surface area contributed by atoms with Crippen molar-refractivity contribution in [3.63, 3.8) is 0 Å². The molecule has 2 rings (SSSR count). The van der Waals surface area contributed by atoms with Crippen LogP contribution < -0.4 is 5.32 Å². The lowest BCUT2D eigenvalue weighted by Crippen LogP contribution is -2.37. The zero-order valence-corrected chi connectivity index (χ0v) is 11.9. The molecule has 104 valence electrons. The van der Waals surface area contributed by atoms with Crippen molar-refractivity contribution in [3.05, 3.63) is 35.9 Å². The Kier molecular flexibility index (Phi) is 4.97. The van der Waals surface area contributed by atoms with Crippen molar-refractivity contribution in [2.75, 3.05) is 6.54 Å². The Labute approximate surface area is 116 Å². The molecule has 1 aliphatic carbocycles. The van der Waals surface area contributed by atoms with Crippen LogP contribution in [0.15, 0.2) is 30.3 Å². The van der Waals surface area contributed by atoms with E-state index in [-0.39, 0.29) is 11.9 Å². The molecular formula is C16H24N2O. The van der Waals surface area contributed by atoms with Crippen LogP contribution >= 0.6 is 0 Å². The first-order valence-electron chi connectivity index (χ1n) is 7.27. The van der Waals surface area contributed by atoms with Gasteiger partial charge in [-0.3, -0.25) is 4.79 Å². The predicted octanol–water partition coefficient (Wildman–Crippen LogP) is 2.57. The largest absolute Gasteiger partial charge is 0.335 e. The van der Waals surface area contributed by atoms with Crippen molar-refractivity contribution in [2.45, 2.75) is 51.7 Å². The van der Waals surface area contributed by atoms with Gasteiger partial charge in [-0.2, -0.15) is 0 Å².